The zero-order valence-electron chi connectivity index (χ0n) is 10.4. The summed E-state index contributed by atoms with van der Waals surface area (Å²) in [6, 6.07) is 6.76. The quantitative estimate of drug-likeness (QED) is 0.912. The molecule has 0 fully saturated rings. The van der Waals surface area contributed by atoms with Crippen molar-refractivity contribution in [2.45, 2.75) is 17.8 Å². The number of nitrogens with one attached hydrogen (secondary N) is 1. The summed E-state index contributed by atoms with van der Waals surface area (Å²) in [5, 5.41) is 3.02. The normalized spacial score (nSPS) is 12.3. The lowest BCUT2D eigenvalue weighted by Gasteiger charge is -2.13. The Morgan fingerprint density at radius 1 is 1.19 bits per heavy atom. The van der Waals surface area contributed by atoms with Crippen molar-refractivity contribution in [3.8, 4) is 5.75 Å². The summed E-state index contributed by atoms with van der Waals surface area (Å²) in [6.45, 7) is -0.301. The fourth-order valence-corrected chi connectivity index (χ4v) is 3.57. The second-order valence-corrected chi connectivity index (χ2v) is 6.49. The molecular formula is C12H10F3NO3S2. The molecule has 21 heavy (non-hydrogen) atoms. The molecule has 0 bridgehead atoms. The van der Waals surface area contributed by atoms with E-state index in [1.807, 2.05) is 0 Å². The standard InChI is InChI=1S/C12H10F3NO3S2/c13-12(14,15)19-11-4-2-1-3-9(11)7-16-21(17,18)10-5-6-20-8-10/h1-6,8,16H,7H2. The molecule has 0 atom stereocenters. The van der Waals surface area contributed by atoms with Crippen molar-refractivity contribution in [1.29, 1.82) is 0 Å². The van der Waals surface area contributed by atoms with Gasteiger partial charge in [-0.1, -0.05) is 18.2 Å². The van der Waals surface area contributed by atoms with Crippen molar-refractivity contribution < 1.29 is 26.3 Å². The Balaban J connectivity index is 2.14. The van der Waals surface area contributed by atoms with E-state index >= 15 is 0 Å². The minimum atomic E-state index is -4.83. The van der Waals surface area contributed by atoms with E-state index in [2.05, 4.69) is 9.46 Å². The number of thiophene rings is 1. The highest BCUT2D eigenvalue weighted by Crippen LogP contribution is 2.26. The van der Waals surface area contributed by atoms with Crippen molar-refractivity contribution in [1.82, 2.24) is 4.72 Å². The zero-order valence-corrected chi connectivity index (χ0v) is 12.1. The van der Waals surface area contributed by atoms with Gasteiger partial charge in [0.1, 0.15) is 5.75 Å². The van der Waals surface area contributed by atoms with Gasteiger partial charge in [0.2, 0.25) is 10.0 Å². The molecule has 1 aromatic heterocycles. The molecule has 2 rings (SSSR count). The van der Waals surface area contributed by atoms with Crippen molar-refractivity contribution in [2.75, 3.05) is 0 Å². The first-order valence-corrected chi connectivity index (χ1v) is 8.06. The van der Waals surface area contributed by atoms with E-state index in [1.54, 1.807) is 5.38 Å². The molecule has 0 aliphatic heterocycles. The molecule has 0 amide bonds. The predicted octanol–water partition coefficient (Wildman–Crippen LogP) is 3.13. The molecule has 0 saturated heterocycles. The second kappa shape index (κ2) is 6.04. The fourth-order valence-electron chi connectivity index (χ4n) is 1.54. The van der Waals surface area contributed by atoms with Crippen molar-refractivity contribution in [3.05, 3.63) is 46.7 Å². The van der Waals surface area contributed by atoms with Crippen LogP contribution in [0.15, 0.2) is 46.0 Å². The third-order valence-corrected chi connectivity index (χ3v) is 4.69. The van der Waals surface area contributed by atoms with Crippen molar-refractivity contribution in [3.63, 3.8) is 0 Å². The van der Waals surface area contributed by atoms with Crippen molar-refractivity contribution in [2.24, 2.45) is 0 Å². The van der Waals surface area contributed by atoms with Gasteiger partial charge in [-0.2, -0.15) is 11.3 Å². The highest BCUT2D eigenvalue weighted by atomic mass is 32.2. The van der Waals surface area contributed by atoms with E-state index in [0.29, 0.717) is 0 Å². The summed E-state index contributed by atoms with van der Waals surface area (Å²) in [5.74, 6) is -0.432. The lowest BCUT2D eigenvalue weighted by molar-refractivity contribution is -0.274. The van der Waals surface area contributed by atoms with Gasteiger partial charge in [-0.25, -0.2) is 13.1 Å². The minimum absolute atomic E-state index is 0.0710. The number of rotatable bonds is 5. The van der Waals surface area contributed by atoms with Crippen LogP contribution in [0.2, 0.25) is 0 Å². The Kier molecular flexibility index (Phi) is 4.55. The second-order valence-electron chi connectivity index (χ2n) is 3.94. The molecular weight excluding hydrogens is 327 g/mol. The Morgan fingerprint density at radius 2 is 1.90 bits per heavy atom. The molecule has 0 aliphatic rings. The van der Waals surface area contributed by atoms with Gasteiger partial charge in [0.25, 0.3) is 0 Å². The van der Waals surface area contributed by atoms with Gasteiger partial charge in [-0.15, -0.1) is 13.2 Å². The number of hydrogen-bond acceptors (Lipinski definition) is 4. The number of benzene rings is 1. The van der Waals surface area contributed by atoms with Crippen LogP contribution < -0.4 is 9.46 Å². The number of para-hydroxylation sites is 1. The van der Waals surface area contributed by atoms with Gasteiger partial charge in [0.15, 0.2) is 0 Å². The molecule has 0 spiro atoms. The van der Waals surface area contributed by atoms with E-state index in [4.69, 9.17) is 0 Å². The van der Waals surface area contributed by atoms with Crippen LogP contribution in [0.3, 0.4) is 0 Å². The van der Waals surface area contributed by atoms with E-state index in [1.165, 1.54) is 41.0 Å². The molecule has 9 heteroatoms. The Bertz CT molecular complexity index is 697. The van der Waals surface area contributed by atoms with Crippen LogP contribution in [0.4, 0.5) is 13.2 Å². The van der Waals surface area contributed by atoms with Crippen LogP contribution in [0.5, 0.6) is 5.75 Å². The summed E-state index contributed by atoms with van der Waals surface area (Å²) in [7, 11) is -3.75. The fraction of sp³-hybridized carbons (Fsp3) is 0.167. The highest BCUT2D eigenvalue weighted by molar-refractivity contribution is 7.89. The summed E-state index contributed by atoms with van der Waals surface area (Å²) in [5.41, 5.74) is 0.0913. The number of alkyl halides is 3. The molecule has 1 heterocycles. The Hall–Kier alpha value is -1.58. The van der Waals surface area contributed by atoms with Crippen LogP contribution in [-0.2, 0) is 16.6 Å². The number of sulfonamides is 1. The topological polar surface area (TPSA) is 55.4 Å². The molecule has 0 unspecified atom stereocenters. The van der Waals surface area contributed by atoms with Gasteiger partial charge < -0.3 is 4.74 Å². The molecule has 4 nitrogen and oxygen atoms in total. The Labute approximate surface area is 123 Å². The number of hydrogen-bond donors (Lipinski definition) is 1. The molecule has 1 aromatic carbocycles. The van der Waals surface area contributed by atoms with E-state index in [9.17, 15) is 21.6 Å². The molecule has 2 aromatic rings. The maximum absolute atomic E-state index is 12.3. The zero-order chi connectivity index (χ0) is 15.5. The van der Waals surface area contributed by atoms with E-state index < -0.39 is 22.1 Å². The maximum atomic E-state index is 12.3. The number of halogens is 3. The SMILES string of the molecule is O=S(=O)(NCc1ccccc1OC(F)(F)F)c1ccsc1. The molecule has 0 aliphatic carbocycles. The van der Waals surface area contributed by atoms with Crippen LogP contribution in [-0.4, -0.2) is 14.8 Å². The molecule has 114 valence electrons. The largest absolute Gasteiger partial charge is 0.573 e. The van der Waals surface area contributed by atoms with Gasteiger partial charge in [0, 0.05) is 17.5 Å². The Morgan fingerprint density at radius 3 is 2.52 bits per heavy atom. The first-order valence-electron chi connectivity index (χ1n) is 5.63. The predicted molar refractivity (Wildman–Crippen MR) is 71.5 cm³/mol. The van der Waals surface area contributed by atoms with E-state index in [0.717, 1.165) is 6.07 Å². The summed E-state index contributed by atoms with van der Waals surface area (Å²) >= 11 is 1.21. The van der Waals surface area contributed by atoms with Crippen LogP contribution >= 0.6 is 11.3 Å². The lowest BCUT2D eigenvalue weighted by atomic mass is 10.2. The molecule has 0 saturated carbocycles. The highest BCUT2D eigenvalue weighted by Gasteiger charge is 2.32. The van der Waals surface area contributed by atoms with Gasteiger partial charge in [-0.3, -0.25) is 0 Å². The van der Waals surface area contributed by atoms with Crippen LogP contribution in [0.1, 0.15) is 5.56 Å². The maximum Gasteiger partial charge on any atom is 0.573 e. The smallest absolute Gasteiger partial charge is 0.405 e. The number of ether oxygens (including phenoxy) is 1. The molecule has 0 radical (unpaired) electrons. The third-order valence-electron chi connectivity index (χ3n) is 2.46. The minimum Gasteiger partial charge on any atom is -0.405 e. The van der Waals surface area contributed by atoms with Crippen molar-refractivity contribution >= 4 is 21.4 Å². The summed E-state index contributed by atoms with van der Waals surface area (Å²) < 4.78 is 66.7. The van der Waals surface area contributed by atoms with Crippen LogP contribution in [0, 0.1) is 0 Å². The monoisotopic (exact) mass is 337 g/mol. The molecule has 1 N–H and O–H groups in total. The summed E-state index contributed by atoms with van der Waals surface area (Å²) in [4.78, 5) is 0.0710. The first-order chi connectivity index (χ1) is 9.78. The average molecular weight is 337 g/mol. The van der Waals surface area contributed by atoms with Crippen LogP contribution in [0.25, 0.3) is 0 Å². The summed E-state index contributed by atoms with van der Waals surface area (Å²) in [6.07, 6.45) is -4.83. The lowest BCUT2D eigenvalue weighted by Crippen LogP contribution is -2.24. The first kappa shape index (κ1) is 15.8. The van der Waals surface area contributed by atoms with Gasteiger partial charge in [-0.05, 0) is 17.5 Å². The van der Waals surface area contributed by atoms with E-state index in [-0.39, 0.29) is 17.0 Å². The average Bonchev–Trinajstić information content (AvgIpc) is 2.90. The third kappa shape index (κ3) is 4.45. The van der Waals surface area contributed by atoms with Gasteiger partial charge in [0.05, 0.1) is 4.90 Å². The van der Waals surface area contributed by atoms with Gasteiger partial charge >= 0.3 is 6.36 Å².